The average molecular weight is 316 g/mol. The van der Waals surface area contributed by atoms with Crippen molar-refractivity contribution in [3.63, 3.8) is 0 Å². The second-order valence-corrected chi connectivity index (χ2v) is 7.50. The van der Waals surface area contributed by atoms with Crippen molar-refractivity contribution in [2.24, 2.45) is 0 Å². The molecule has 0 aliphatic rings. The van der Waals surface area contributed by atoms with Gasteiger partial charge < -0.3 is 0 Å². The summed E-state index contributed by atoms with van der Waals surface area (Å²) in [6.45, 7) is 3.78. The van der Waals surface area contributed by atoms with Crippen molar-refractivity contribution >= 4 is 15.6 Å². The normalized spacial score (nSPS) is 12.8. The van der Waals surface area contributed by atoms with Gasteiger partial charge in [-0.3, -0.25) is 4.79 Å². The molecule has 0 saturated heterocycles. The Bertz CT molecular complexity index is 732. The number of benzene rings is 2. The zero-order valence-corrected chi connectivity index (χ0v) is 13.6. The molecule has 0 bridgehead atoms. The number of carbonyl (C=O) groups is 1. The van der Waals surface area contributed by atoms with Crippen molar-refractivity contribution in [2.75, 3.05) is 0 Å². The molecule has 1 atom stereocenters. The van der Waals surface area contributed by atoms with Crippen LogP contribution in [0.1, 0.15) is 35.7 Å². The highest BCUT2D eigenvalue weighted by Crippen LogP contribution is 2.23. The average Bonchev–Trinajstić information content (AvgIpc) is 2.53. The lowest BCUT2D eigenvalue weighted by molar-refractivity contribution is 0.0983. The maximum Gasteiger partial charge on any atom is 0.188 e. The minimum Gasteiger partial charge on any atom is -0.293 e. The van der Waals surface area contributed by atoms with Gasteiger partial charge in [0.05, 0.1) is 4.90 Å². The van der Waals surface area contributed by atoms with Crippen LogP contribution in [0.15, 0.2) is 59.5 Å². The molecule has 0 N–H and O–H groups in total. The Morgan fingerprint density at radius 1 is 1.00 bits per heavy atom. The molecule has 0 aliphatic heterocycles. The van der Waals surface area contributed by atoms with Gasteiger partial charge in [0.2, 0.25) is 0 Å². The first-order valence-electron chi connectivity index (χ1n) is 7.36. The van der Waals surface area contributed by atoms with Crippen LogP contribution in [0.5, 0.6) is 0 Å². The van der Waals surface area contributed by atoms with Gasteiger partial charge in [0.15, 0.2) is 15.6 Å². The smallest absolute Gasteiger partial charge is 0.188 e. The molecule has 2 aromatic rings. The summed E-state index contributed by atoms with van der Waals surface area (Å²) in [5.41, 5.74) is 1.43. The van der Waals surface area contributed by atoms with Crippen molar-refractivity contribution in [1.82, 2.24) is 0 Å². The quantitative estimate of drug-likeness (QED) is 0.761. The molecule has 0 fully saturated rings. The topological polar surface area (TPSA) is 51.2 Å². The van der Waals surface area contributed by atoms with Gasteiger partial charge in [-0.25, -0.2) is 8.42 Å². The molecule has 1 unspecified atom stereocenters. The molecule has 4 heteroatoms. The SMILES string of the molecule is CCCC(C(=O)c1ccccc1)S(=O)(=O)c1ccc(C)cc1. The summed E-state index contributed by atoms with van der Waals surface area (Å²) in [5, 5.41) is -1.03. The first-order valence-corrected chi connectivity index (χ1v) is 8.91. The second-order valence-electron chi connectivity index (χ2n) is 5.37. The van der Waals surface area contributed by atoms with Gasteiger partial charge >= 0.3 is 0 Å². The minimum absolute atomic E-state index is 0.209. The third kappa shape index (κ3) is 3.45. The number of hydrogen-bond acceptors (Lipinski definition) is 3. The molecule has 0 aromatic heterocycles. The van der Waals surface area contributed by atoms with Crippen molar-refractivity contribution in [3.8, 4) is 0 Å². The van der Waals surface area contributed by atoms with E-state index in [9.17, 15) is 13.2 Å². The Morgan fingerprint density at radius 3 is 2.14 bits per heavy atom. The number of sulfone groups is 1. The zero-order valence-electron chi connectivity index (χ0n) is 12.8. The van der Waals surface area contributed by atoms with Gasteiger partial charge in [0, 0.05) is 5.56 Å². The molecule has 2 aromatic carbocycles. The van der Waals surface area contributed by atoms with Crippen molar-refractivity contribution in [1.29, 1.82) is 0 Å². The summed E-state index contributed by atoms with van der Waals surface area (Å²) in [4.78, 5) is 12.9. The molecule has 116 valence electrons. The van der Waals surface area contributed by atoms with E-state index in [4.69, 9.17) is 0 Å². The number of hydrogen-bond donors (Lipinski definition) is 0. The highest BCUT2D eigenvalue weighted by molar-refractivity contribution is 7.92. The maximum absolute atomic E-state index is 12.8. The Morgan fingerprint density at radius 2 is 1.59 bits per heavy atom. The maximum atomic E-state index is 12.8. The van der Waals surface area contributed by atoms with Gasteiger partial charge in [-0.05, 0) is 25.5 Å². The summed E-state index contributed by atoms with van der Waals surface area (Å²) in [7, 11) is -3.68. The van der Waals surface area contributed by atoms with Crippen LogP contribution in [-0.2, 0) is 9.84 Å². The lowest BCUT2D eigenvalue weighted by Crippen LogP contribution is -2.30. The van der Waals surface area contributed by atoms with Gasteiger partial charge in [0.1, 0.15) is 5.25 Å². The van der Waals surface area contributed by atoms with Crippen LogP contribution >= 0.6 is 0 Å². The standard InChI is InChI=1S/C18H20O3S/c1-3-7-17(18(19)15-8-5-4-6-9-15)22(20,21)16-12-10-14(2)11-13-16/h4-6,8-13,17H,3,7H2,1-2H3. The van der Waals surface area contributed by atoms with E-state index in [1.807, 2.05) is 13.8 Å². The lowest BCUT2D eigenvalue weighted by atomic mass is 10.1. The highest BCUT2D eigenvalue weighted by Gasteiger charge is 2.33. The summed E-state index contributed by atoms with van der Waals surface area (Å²) in [6, 6.07) is 15.3. The minimum atomic E-state index is -3.68. The number of rotatable bonds is 6. The van der Waals surface area contributed by atoms with E-state index in [0.29, 0.717) is 18.4 Å². The van der Waals surface area contributed by atoms with E-state index in [-0.39, 0.29) is 10.7 Å². The molecule has 2 rings (SSSR count). The molecule has 0 amide bonds. The molecule has 0 heterocycles. The van der Waals surface area contributed by atoms with Crippen LogP contribution in [0, 0.1) is 6.92 Å². The summed E-state index contributed by atoms with van der Waals surface area (Å²) in [5.74, 6) is -0.331. The third-order valence-electron chi connectivity index (χ3n) is 3.63. The van der Waals surface area contributed by atoms with E-state index in [2.05, 4.69) is 0 Å². The summed E-state index contributed by atoms with van der Waals surface area (Å²) < 4.78 is 25.7. The van der Waals surface area contributed by atoms with Crippen molar-refractivity contribution in [3.05, 3.63) is 65.7 Å². The zero-order chi connectivity index (χ0) is 16.2. The Kier molecular flexibility index (Phi) is 5.14. The van der Waals surface area contributed by atoms with Crippen molar-refractivity contribution in [2.45, 2.75) is 36.8 Å². The third-order valence-corrected chi connectivity index (χ3v) is 5.75. The van der Waals surface area contributed by atoms with Crippen LogP contribution in [0.2, 0.25) is 0 Å². The fraction of sp³-hybridized carbons (Fsp3) is 0.278. The van der Waals surface area contributed by atoms with Gasteiger partial charge in [-0.1, -0.05) is 61.4 Å². The van der Waals surface area contributed by atoms with E-state index < -0.39 is 15.1 Å². The summed E-state index contributed by atoms with van der Waals surface area (Å²) in [6.07, 6.45) is 0.957. The van der Waals surface area contributed by atoms with E-state index in [1.165, 1.54) is 0 Å². The van der Waals surface area contributed by atoms with Crippen LogP contribution in [0.4, 0.5) is 0 Å². The predicted octanol–water partition coefficient (Wildman–Crippen LogP) is 3.82. The van der Waals surface area contributed by atoms with Crippen LogP contribution in [0.3, 0.4) is 0 Å². The molecule has 22 heavy (non-hydrogen) atoms. The fourth-order valence-electron chi connectivity index (χ4n) is 2.37. The molecule has 3 nitrogen and oxygen atoms in total. The Hall–Kier alpha value is -1.94. The van der Waals surface area contributed by atoms with E-state index >= 15 is 0 Å². The van der Waals surface area contributed by atoms with Crippen LogP contribution in [0.25, 0.3) is 0 Å². The Labute approximate surface area is 131 Å². The largest absolute Gasteiger partial charge is 0.293 e. The first kappa shape index (κ1) is 16.4. The fourth-order valence-corrected chi connectivity index (χ4v) is 4.18. The van der Waals surface area contributed by atoms with Crippen molar-refractivity contribution < 1.29 is 13.2 Å². The first-order chi connectivity index (χ1) is 10.5. The molecule has 0 aliphatic carbocycles. The number of aryl methyl sites for hydroxylation is 1. The van der Waals surface area contributed by atoms with Gasteiger partial charge in [-0.15, -0.1) is 0 Å². The second kappa shape index (κ2) is 6.88. The predicted molar refractivity (Wildman–Crippen MR) is 87.8 cm³/mol. The van der Waals surface area contributed by atoms with E-state index in [1.54, 1.807) is 54.6 Å². The Balaban J connectivity index is 2.42. The monoisotopic (exact) mass is 316 g/mol. The number of Topliss-reactive ketones (excluding diaryl/α,β-unsaturated/α-hetero) is 1. The van der Waals surface area contributed by atoms with E-state index in [0.717, 1.165) is 5.56 Å². The lowest BCUT2D eigenvalue weighted by Gasteiger charge is -2.16. The molecule has 0 spiro atoms. The number of ketones is 1. The highest BCUT2D eigenvalue weighted by atomic mass is 32.2. The molecular formula is C18H20O3S. The van der Waals surface area contributed by atoms with Crippen LogP contribution in [-0.4, -0.2) is 19.5 Å². The van der Waals surface area contributed by atoms with Crippen LogP contribution < -0.4 is 0 Å². The van der Waals surface area contributed by atoms with Gasteiger partial charge in [0.25, 0.3) is 0 Å². The molecule has 0 radical (unpaired) electrons. The summed E-state index contributed by atoms with van der Waals surface area (Å²) >= 11 is 0. The molecular weight excluding hydrogens is 296 g/mol. The molecule has 0 saturated carbocycles. The number of carbonyl (C=O) groups excluding carboxylic acids is 1. The van der Waals surface area contributed by atoms with Gasteiger partial charge in [-0.2, -0.15) is 0 Å².